The van der Waals surface area contributed by atoms with Gasteiger partial charge in [-0.2, -0.15) is 0 Å². The van der Waals surface area contributed by atoms with Gasteiger partial charge in [0.2, 0.25) is 11.8 Å². The summed E-state index contributed by atoms with van der Waals surface area (Å²) in [5.41, 5.74) is 3.62. The molecule has 0 fully saturated rings. The van der Waals surface area contributed by atoms with Gasteiger partial charge >= 0.3 is 0 Å². The lowest BCUT2D eigenvalue weighted by Crippen LogP contribution is -1.86. The minimum atomic E-state index is 0.543. The quantitative estimate of drug-likeness (QED) is 0.251. The largest absolute Gasteiger partial charge is 0.436 e. The first-order valence-electron chi connectivity index (χ1n) is 10.6. The molecule has 6 rings (SSSR count). The van der Waals surface area contributed by atoms with Gasteiger partial charge in [0.15, 0.2) is 11.5 Å². The fourth-order valence-electron chi connectivity index (χ4n) is 3.96. The molecule has 4 aromatic carbocycles. The molecule has 0 unspecified atom stereocenters. The van der Waals surface area contributed by atoms with Crippen molar-refractivity contribution in [2.24, 2.45) is 0 Å². The smallest absolute Gasteiger partial charge is 0.227 e. The molecular formula is C28H16Cl2N2O2. The number of halogens is 2. The van der Waals surface area contributed by atoms with Gasteiger partial charge in [-0.25, -0.2) is 9.97 Å². The number of aromatic nitrogens is 2. The molecule has 0 atom stereocenters. The molecule has 0 aliphatic rings. The number of fused-ring (bicyclic) bond motifs is 1. The Bertz CT molecular complexity index is 1490. The van der Waals surface area contributed by atoms with E-state index in [-0.39, 0.29) is 0 Å². The minimum Gasteiger partial charge on any atom is -0.436 e. The van der Waals surface area contributed by atoms with E-state index in [0.29, 0.717) is 33.3 Å². The summed E-state index contributed by atoms with van der Waals surface area (Å²) in [6, 6.07) is 27.0. The fraction of sp³-hybridized carbons (Fsp3) is 0. The van der Waals surface area contributed by atoms with Crippen LogP contribution in [0.25, 0.3) is 56.3 Å². The number of oxazole rings is 2. The second-order valence-electron chi connectivity index (χ2n) is 7.78. The average molecular weight is 483 g/mol. The Balaban J connectivity index is 1.41. The van der Waals surface area contributed by atoms with E-state index in [0.717, 1.165) is 33.0 Å². The highest BCUT2D eigenvalue weighted by Crippen LogP contribution is 2.37. The van der Waals surface area contributed by atoms with Crippen LogP contribution >= 0.6 is 23.2 Å². The maximum atomic E-state index is 6.12. The Morgan fingerprint density at radius 1 is 0.500 bits per heavy atom. The molecule has 0 saturated heterocycles. The van der Waals surface area contributed by atoms with Crippen LogP contribution in [0.15, 0.2) is 106 Å². The van der Waals surface area contributed by atoms with Gasteiger partial charge in [-0.05, 0) is 71.4 Å². The highest BCUT2D eigenvalue weighted by Gasteiger charge is 2.17. The number of rotatable bonds is 4. The van der Waals surface area contributed by atoms with Crippen molar-refractivity contribution in [2.45, 2.75) is 0 Å². The zero-order chi connectivity index (χ0) is 23.1. The van der Waals surface area contributed by atoms with E-state index in [1.807, 2.05) is 84.9 Å². The number of benzene rings is 4. The molecule has 0 N–H and O–H groups in total. The van der Waals surface area contributed by atoms with Crippen LogP contribution in [0, 0.1) is 0 Å². The fourth-order valence-corrected chi connectivity index (χ4v) is 4.22. The van der Waals surface area contributed by atoms with Gasteiger partial charge in [-0.3, -0.25) is 0 Å². The van der Waals surface area contributed by atoms with Gasteiger partial charge < -0.3 is 8.83 Å². The predicted molar refractivity (Wildman–Crippen MR) is 136 cm³/mol. The summed E-state index contributed by atoms with van der Waals surface area (Å²) in [6.45, 7) is 0. The van der Waals surface area contributed by atoms with Crippen molar-refractivity contribution in [1.82, 2.24) is 9.97 Å². The lowest BCUT2D eigenvalue weighted by Gasteiger charge is -2.07. The highest BCUT2D eigenvalue weighted by atomic mass is 35.5. The molecule has 6 heteroatoms. The lowest BCUT2D eigenvalue weighted by molar-refractivity contribution is 0.588. The number of hydrogen-bond donors (Lipinski definition) is 0. The first kappa shape index (κ1) is 20.7. The van der Waals surface area contributed by atoms with Gasteiger partial charge in [0, 0.05) is 32.3 Å². The van der Waals surface area contributed by atoms with E-state index in [1.165, 1.54) is 0 Å². The van der Waals surface area contributed by atoms with E-state index >= 15 is 0 Å². The molecule has 0 aliphatic heterocycles. The normalized spacial score (nSPS) is 11.2. The molecule has 0 aliphatic carbocycles. The average Bonchev–Trinajstić information content (AvgIpc) is 3.55. The lowest BCUT2D eigenvalue weighted by atomic mass is 9.99. The van der Waals surface area contributed by atoms with Crippen LogP contribution in [0.3, 0.4) is 0 Å². The Morgan fingerprint density at radius 2 is 0.912 bits per heavy atom. The monoisotopic (exact) mass is 482 g/mol. The van der Waals surface area contributed by atoms with Crippen LogP contribution in [-0.2, 0) is 0 Å². The van der Waals surface area contributed by atoms with Crippen LogP contribution in [-0.4, -0.2) is 9.97 Å². The molecule has 164 valence electrons. The summed E-state index contributed by atoms with van der Waals surface area (Å²) >= 11 is 12.0. The van der Waals surface area contributed by atoms with Crippen LogP contribution < -0.4 is 0 Å². The zero-order valence-corrected chi connectivity index (χ0v) is 19.2. The van der Waals surface area contributed by atoms with Crippen molar-refractivity contribution >= 4 is 34.0 Å². The molecule has 0 bridgehead atoms. The van der Waals surface area contributed by atoms with Gasteiger partial charge in [0.1, 0.15) is 0 Å². The van der Waals surface area contributed by atoms with E-state index in [2.05, 4.69) is 9.97 Å². The Labute approximate surface area is 205 Å². The van der Waals surface area contributed by atoms with Gasteiger partial charge in [0.05, 0.1) is 12.4 Å². The molecule has 4 nitrogen and oxygen atoms in total. The molecule has 2 aromatic heterocycles. The van der Waals surface area contributed by atoms with E-state index in [9.17, 15) is 0 Å². The summed E-state index contributed by atoms with van der Waals surface area (Å²) in [7, 11) is 0. The van der Waals surface area contributed by atoms with Gasteiger partial charge in [0.25, 0.3) is 0 Å². The van der Waals surface area contributed by atoms with Crippen LogP contribution in [0.4, 0.5) is 0 Å². The second-order valence-corrected chi connectivity index (χ2v) is 8.65. The molecule has 6 aromatic rings. The number of nitrogens with zero attached hydrogens (tertiary/aromatic N) is 2. The Kier molecular flexibility index (Phi) is 5.17. The van der Waals surface area contributed by atoms with Crippen molar-refractivity contribution in [3.63, 3.8) is 0 Å². The minimum absolute atomic E-state index is 0.543. The van der Waals surface area contributed by atoms with E-state index in [4.69, 9.17) is 32.0 Å². The second kappa shape index (κ2) is 8.49. The van der Waals surface area contributed by atoms with Crippen molar-refractivity contribution in [2.75, 3.05) is 0 Å². The van der Waals surface area contributed by atoms with E-state index < -0.39 is 0 Å². The van der Waals surface area contributed by atoms with Crippen molar-refractivity contribution in [3.8, 4) is 45.6 Å². The third-order valence-electron chi connectivity index (χ3n) is 5.65. The standard InChI is InChI=1S/C28H16Cl2N2O2/c29-19-9-5-17(6-10-19)25-15-31-27(33-25)23-13-14-24(22-4-2-1-3-21(22)23)28-32-16-26(34-28)18-7-11-20(30)12-8-18/h1-16H. The Hall–Kier alpha value is -3.86. The zero-order valence-electron chi connectivity index (χ0n) is 17.7. The topological polar surface area (TPSA) is 52.1 Å². The molecule has 0 amide bonds. The predicted octanol–water partition coefficient (Wildman–Crippen LogP) is 8.79. The molecule has 2 heterocycles. The summed E-state index contributed by atoms with van der Waals surface area (Å²) in [5, 5.41) is 3.35. The summed E-state index contributed by atoms with van der Waals surface area (Å²) in [4.78, 5) is 9.08. The summed E-state index contributed by atoms with van der Waals surface area (Å²) < 4.78 is 12.2. The summed E-state index contributed by atoms with van der Waals surface area (Å²) in [5.74, 6) is 2.45. The van der Waals surface area contributed by atoms with Crippen LogP contribution in [0.1, 0.15) is 0 Å². The van der Waals surface area contributed by atoms with Crippen molar-refractivity contribution < 1.29 is 8.83 Å². The molecule has 0 spiro atoms. The number of hydrogen-bond acceptors (Lipinski definition) is 4. The molecular weight excluding hydrogens is 467 g/mol. The highest BCUT2D eigenvalue weighted by molar-refractivity contribution is 6.30. The van der Waals surface area contributed by atoms with Crippen LogP contribution in [0.5, 0.6) is 0 Å². The third-order valence-corrected chi connectivity index (χ3v) is 6.16. The van der Waals surface area contributed by atoms with Crippen molar-refractivity contribution in [1.29, 1.82) is 0 Å². The van der Waals surface area contributed by atoms with Gasteiger partial charge in [-0.15, -0.1) is 0 Å². The maximum Gasteiger partial charge on any atom is 0.227 e. The summed E-state index contributed by atoms with van der Waals surface area (Å²) in [6.07, 6.45) is 3.46. The van der Waals surface area contributed by atoms with Crippen LogP contribution in [0.2, 0.25) is 10.0 Å². The molecule has 0 saturated carbocycles. The SMILES string of the molecule is Clc1ccc(-c2cnc(-c3ccc(-c4ncc(-c5ccc(Cl)cc5)o4)c4ccccc34)o2)cc1. The molecule has 34 heavy (non-hydrogen) atoms. The first-order chi connectivity index (χ1) is 16.7. The maximum absolute atomic E-state index is 6.12. The first-order valence-corrected chi connectivity index (χ1v) is 11.4. The van der Waals surface area contributed by atoms with Crippen molar-refractivity contribution in [3.05, 3.63) is 107 Å². The van der Waals surface area contributed by atoms with E-state index in [1.54, 1.807) is 12.4 Å². The Morgan fingerprint density at radius 3 is 1.32 bits per heavy atom. The van der Waals surface area contributed by atoms with Gasteiger partial charge in [-0.1, -0.05) is 47.5 Å². The molecule has 0 radical (unpaired) electrons. The third kappa shape index (κ3) is 3.77.